The summed E-state index contributed by atoms with van der Waals surface area (Å²) in [5, 5.41) is 11.9. The van der Waals surface area contributed by atoms with Gasteiger partial charge in [0.1, 0.15) is 6.04 Å². The van der Waals surface area contributed by atoms with Crippen LogP contribution in [0.5, 0.6) is 0 Å². The van der Waals surface area contributed by atoms with E-state index in [0.29, 0.717) is 12.6 Å². The average Bonchev–Trinajstić information content (AvgIpc) is 2.19. The first-order valence-corrected chi connectivity index (χ1v) is 5.35. The molecule has 0 aromatic heterocycles. The summed E-state index contributed by atoms with van der Waals surface area (Å²) in [6.45, 7) is 5.72. The van der Waals surface area contributed by atoms with Crippen molar-refractivity contribution in [3.63, 3.8) is 0 Å². The number of piperazine rings is 1. The predicted molar refractivity (Wildman–Crippen MR) is 55.0 cm³/mol. The normalized spacial score (nSPS) is 28.9. The molecule has 1 aliphatic heterocycles. The number of carbonyl (C=O) groups is 1. The van der Waals surface area contributed by atoms with Gasteiger partial charge in [0, 0.05) is 12.6 Å². The van der Waals surface area contributed by atoms with E-state index < -0.39 is 0 Å². The van der Waals surface area contributed by atoms with Crippen LogP contribution in [-0.4, -0.2) is 47.7 Å². The summed E-state index contributed by atoms with van der Waals surface area (Å²) in [5.41, 5.74) is 0. The van der Waals surface area contributed by atoms with Crippen LogP contribution >= 0.6 is 0 Å². The Labute approximate surface area is 85.3 Å². The molecule has 1 aliphatic rings. The van der Waals surface area contributed by atoms with E-state index in [1.54, 1.807) is 0 Å². The van der Waals surface area contributed by atoms with Gasteiger partial charge in [0.05, 0.1) is 6.61 Å². The Bertz CT molecular complexity index is 197. The molecule has 4 nitrogen and oxygen atoms in total. The van der Waals surface area contributed by atoms with Crippen LogP contribution in [0.2, 0.25) is 0 Å². The van der Waals surface area contributed by atoms with E-state index in [1.807, 2.05) is 0 Å². The second kappa shape index (κ2) is 5.32. The Hall–Kier alpha value is -0.610. The van der Waals surface area contributed by atoms with E-state index >= 15 is 0 Å². The first kappa shape index (κ1) is 11.5. The molecule has 14 heavy (non-hydrogen) atoms. The van der Waals surface area contributed by atoms with Crippen LogP contribution in [-0.2, 0) is 4.79 Å². The van der Waals surface area contributed by atoms with Gasteiger partial charge in [0.25, 0.3) is 0 Å². The molecule has 2 N–H and O–H groups in total. The lowest BCUT2D eigenvalue weighted by Gasteiger charge is -2.39. The number of amides is 1. The predicted octanol–water partition coefficient (Wildman–Crippen LogP) is -0.0323. The van der Waals surface area contributed by atoms with Gasteiger partial charge in [-0.2, -0.15) is 0 Å². The molecular weight excluding hydrogens is 180 g/mol. The number of unbranched alkanes of at least 4 members (excludes halogenated alkanes) is 1. The number of nitrogens with one attached hydrogen (secondary N) is 1. The summed E-state index contributed by atoms with van der Waals surface area (Å²) < 4.78 is 0. The third-order valence-electron chi connectivity index (χ3n) is 2.78. The van der Waals surface area contributed by atoms with Crippen molar-refractivity contribution in [1.82, 2.24) is 10.2 Å². The highest BCUT2D eigenvalue weighted by atomic mass is 16.3. The van der Waals surface area contributed by atoms with Crippen molar-refractivity contribution in [1.29, 1.82) is 0 Å². The summed E-state index contributed by atoms with van der Waals surface area (Å²) in [5.74, 6) is -0.0401. The standard InChI is InChI=1S/C10H20N2O2/c1-3-4-5-12-8(2)6-11-10(14)9(12)7-13/h8-9,13H,3-7H2,1-2H3,(H,11,14). The molecule has 1 amide bonds. The van der Waals surface area contributed by atoms with Gasteiger partial charge in [-0.05, 0) is 19.9 Å². The molecular formula is C10H20N2O2. The fourth-order valence-corrected chi connectivity index (χ4v) is 1.85. The first-order chi connectivity index (χ1) is 6.70. The van der Waals surface area contributed by atoms with E-state index in [0.717, 1.165) is 19.4 Å². The Morgan fingerprint density at radius 3 is 2.93 bits per heavy atom. The molecule has 82 valence electrons. The molecule has 1 fully saturated rings. The second-order valence-corrected chi connectivity index (χ2v) is 3.88. The van der Waals surface area contributed by atoms with Crippen molar-refractivity contribution < 1.29 is 9.90 Å². The van der Waals surface area contributed by atoms with Crippen molar-refractivity contribution in [2.24, 2.45) is 0 Å². The molecule has 1 heterocycles. The van der Waals surface area contributed by atoms with Crippen LogP contribution < -0.4 is 5.32 Å². The maximum Gasteiger partial charge on any atom is 0.239 e. The van der Waals surface area contributed by atoms with E-state index in [2.05, 4.69) is 24.1 Å². The van der Waals surface area contributed by atoms with Crippen LogP contribution in [0.15, 0.2) is 0 Å². The highest BCUT2D eigenvalue weighted by molar-refractivity contribution is 5.82. The third-order valence-corrected chi connectivity index (χ3v) is 2.78. The van der Waals surface area contributed by atoms with Crippen molar-refractivity contribution in [3.05, 3.63) is 0 Å². The van der Waals surface area contributed by atoms with Gasteiger partial charge in [-0.1, -0.05) is 13.3 Å². The third kappa shape index (κ3) is 2.45. The van der Waals surface area contributed by atoms with Gasteiger partial charge in [-0.15, -0.1) is 0 Å². The quantitative estimate of drug-likeness (QED) is 0.670. The molecule has 0 aliphatic carbocycles. The fourth-order valence-electron chi connectivity index (χ4n) is 1.85. The van der Waals surface area contributed by atoms with E-state index in [1.165, 1.54) is 0 Å². The van der Waals surface area contributed by atoms with Crippen molar-refractivity contribution in [3.8, 4) is 0 Å². The molecule has 0 aromatic rings. The minimum absolute atomic E-state index is 0.0401. The van der Waals surface area contributed by atoms with Gasteiger partial charge >= 0.3 is 0 Å². The highest BCUT2D eigenvalue weighted by Gasteiger charge is 2.32. The molecule has 0 aromatic carbocycles. The SMILES string of the molecule is CCCCN1C(C)CNC(=O)C1CO. The Morgan fingerprint density at radius 1 is 1.64 bits per heavy atom. The number of hydrogen-bond donors (Lipinski definition) is 2. The number of rotatable bonds is 4. The zero-order valence-corrected chi connectivity index (χ0v) is 8.99. The fraction of sp³-hybridized carbons (Fsp3) is 0.900. The van der Waals surface area contributed by atoms with Crippen molar-refractivity contribution >= 4 is 5.91 Å². The largest absolute Gasteiger partial charge is 0.394 e. The smallest absolute Gasteiger partial charge is 0.239 e. The van der Waals surface area contributed by atoms with Gasteiger partial charge in [-0.3, -0.25) is 9.69 Å². The van der Waals surface area contributed by atoms with Crippen LogP contribution in [0.1, 0.15) is 26.7 Å². The number of carbonyl (C=O) groups excluding carboxylic acids is 1. The lowest BCUT2D eigenvalue weighted by atomic mass is 10.1. The molecule has 2 atom stereocenters. The lowest BCUT2D eigenvalue weighted by molar-refractivity contribution is -0.132. The summed E-state index contributed by atoms with van der Waals surface area (Å²) in [7, 11) is 0. The minimum Gasteiger partial charge on any atom is -0.394 e. The molecule has 0 radical (unpaired) electrons. The van der Waals surface area contributed by atoms with Crippen molar-refractivity contribution in [2.45, 2.75) is 38.8 Å². The molecule has 1 rings (SSSR count). The second-order valence-electron chi connectivity index (χ2n) is 3.88. The van der Waals surface area contributed by atoms with Crippen LogP contribution in [0, 0.1) is 0 Å². The number of aliphatic hydroxyl groups is 1. The zero-order chi connectivity index (χ0) is 10.6. The maximum absolute atomic E-state index is 11.4. The van der Waals surface area contributed by atoms with E-state index in [-0.39, 0.29) is 18.6 Å². The topological polar surface area (TPSA) is 52.6 Å². The lowest BCUT2D eigenvalue weighted by Crippen LogP contribution is -2.61. The average molecular weight is 200 g/mol. The first-order valence-electron chi connectivity index (χ1n) is 5.35. The van der Waals surface area contributed by atoms with Crippen LogP contribution in [0.3, 0.4) is 0 Å². The Morgan fingerprint density at radius 2 is 2.36 bits per heavy atom. The van der Waals surface area contributed by atoms with Crippen molar-refractivity contribution in [2.75, 3.05) is 19.7 Å². The van der Waals surface area contributed by atoms with Gasteiger partial charge in [-0.25, -0.2) is 0 Å². The zero-order valence-electron chi connectivity index (χ0n) is 8.99. The summed E-state index contributed by atoms with van der Waals surface area (Å²) in [4.78, 5) is 13.5. The maximum atomic E-state index is 11.4. The molecule has 2 unspecified atom stereocenters. The van der Waals surface area contributed by atoms with Crippen LogP contribution in [0.25, 0.3) is 0 Å². The molecule has 0 spiro atoms. The summed E-state index contributed by atoms with van der Waals surface area (Å²) >= 11 is 0. The van der Waals surface area contributed by atoms with Gasteiger partial charge in [0.15, 0.2) is 0 Å². The van der Waals surface area contributed by atoms with Gasteiger partial charge < -0.3 is 10.4 Å². The van der Waals surface area contributed by atoms with E-state index in [4.69, 9.17) is 5.11 Å². The summed E-state index contributed by atoms with van der Waals surface area (Å²) in [6.07, 6.45) is 2.19. The molecule has 0 saturated carbocycles. The Balaban J connectivity index is 2.58. The number of nitrogens with zero attached hydrogens (tertiary/aromatic N) is 1. The Kier molecular flexibility index (Phi) is 4.35. The molecule has 1 saturated heterocycles. The van der Waals surface area contributed by atoms with Crippen LogP contribution in [0.4, 0.5) is 0 Å². The number of hydrogen-bond acceptors (Lipinski definition) is 3. The summed E-state index contributed by atoms with van der Waals surface area (Å²) in [6, 6.07) is -0.0123. The molecule has 0 bridgehead atoms. The molecule has 4 heteroatoms. The minimum atomic E-state index is -0.342. The van der Waals surface area contributed by atoms with Gasteiger partial charge in [0.2, 0.25) is 5.91 Å². The highest BCUT2D eigenvalue weighted by Crippen LogP contribution is 2.11. The number of aliphatic hydroxyl groups excluding tert-OH is 1. The monoisotopic (exact) mass is 200 g/mol. The van der Waals surface area contributed by atoms with E-state index in [9.17, 15) is 4.79 Å².